The van der Waals surface area contributed by atoms with Gasteiger partial charge in [-0.15, -0.1) is 0 Å². The van der Waals surface area contributed by atoms with Crippen LogP contribution >= 0.6 is 0 Å². The summed E-state index contributed by atoms with van der Waals surface area (Å²) in [6.45, 7) is 6.74. The van der Waals surface area contributed by atoms with Crippen LogP contribution in [0, 0.1) is 5.92 Å². The van der Waals surface area contributed by atoms with Gasteiger partial charge in [0.2, 0.25) is 0 Å². The molecule has 3 aliphatic rings. The molecule has 2 nitrogen and oxygen atoms in total. The summed E-state index contributed by atoms with van der Waals surface area (Å²) in [6.07, 6.45) is 6.48. The Bertz CT molecular complexity index is 2320. The SMILES string of the molecule is CC1=CC2C(=O)c3c(-c4ccc(N(c5ccc(-c6ccccc6)cc5)c5ccc6c(c5)C(C)(C)c5ccccc5-6)cc4)cccc3C2C=C1. The molecule has 0 saturated heterocycles. The summed E-state index contributed by atoms with van der Waals surface area (Å²) in [7, 11) is 0. The lowest BCUT2D eigenvalue weighted by Gasteiger charge is -2.28. The fraction of sp³-hybridized carbons (Fsp3) is 0.128. The minimum Gasteiger partial charge on any atom is -0.310 e. The third-order valence-electron chi connectivity index (χ3n) is 10.9. The minimum atomic E-state index is -0.107. The van der Waals surface area contributed by atoms with E-state index in [2.05, 4.69) is 183 Å². The van der Waals surface area contributed by atoms with Gasteiger partial charge < -0.3 is 4.90 Å². The average Bonchev–Trinajstić information content (AvgIpc) is 3.55. The normalized spacial score (nSPS) is 17.9. The van der Waals surface area contributed by atoms with Crippen molar-refractivity contribution < 1.29 is 4.79 Å². The number of carbonyl (C=O) groups is 1. The molecule has 0 radical (unpaired) electrons. The maximum atomic E-state index is 13.8. The molecule has 0 fully saturated rings. The summed E-state index contributed by atoms with van der Waals surface area (Å²) in [4.78, 5) is 16.1. The molecule has 2 unspecified atom stereocenters. The second kappa shape index (κ2) is 11.2. The second-order valence-corrected chi connectivity index (χ2v) is 14.2. The smallest absolute Gasteiger partial charge is 0.171 e. The van der Waals surface area contributed by atoms with E-state index >= 15 is 0 Å². The van der Waals surface area contributed by atoms with Gasteiger partial charge in [0.1, 0.15) is 0 Å². The number of benzene rings is 6. The standard InChI is InChI=1S/C47H37NO/c1-30-16-26-38-41-14-9-13-37(45(41)46(49)42(38)28-30)33-19-23-35(24-20-33)48(34-21-17-32(18-22-34)31-10-5-4-6-11-31)36-25-27-40-39-12-7-8-15-43(39)47(2,3)44(40)29-36/h4-29,38,42H,1-3H3. The lowest BCUT2D eigenvalue weighted by atomic mass is 9.82. The Kier molecular flexibility index (Phi) is 6.71. The molecule has 0 aliphatic heterocycles. The van der Waals surface area contributed by atoms with E-state index < -0.39 is 0 Å². The van der Waals surface area contributed by atoms with Crippen molar-refractivity contribution in [2.75, 3.05) is 4.90 Å². The first-order chi connectivity index (χ1) is 23.9. The number of nitrogens with zero attached hydrogens (tertiary/aromatic N) is 1. The van der Waals surface area contributed by atoms with Gasteiger partial charge in [0.05, 0.1) is 5.92 Å². The van der Waals surface area contributed by atoms with Crippen LogP contribution in [0.1, 0.15) is 53.7 Å². The number of Topliss-reactive ketones (excluding diaryl/α,β-unsaturated/α-hetero) is 1. The molecule has 2 atom stereocenters. The molecule has 0 heterocycles. The first-order valence-electron chi connectivity index (χ1n) is 17.2. The van der Waals surface area contributed by atoms with Gasteiger partial charge in [0.25, 0.3) is 0 Å². The summed E-state index contributed by atoms with van der Waals surface area (Å²) in [5.74, 6) is 0.241. The van der Waals surface area contributed by atoms with Crippen LogP contribution in [-0.4, -0.2) is 5.78 Å². The number of hydrogen-bond acceptors (Lipinski definition) is 2. The van der Waals surface area contributed by atoms with Crippen LogP contribution in [0.2, 0.25) is 0 Å². The second-order valence-electron chi connectivity index (χ2n) is 14.2. The zero-order chi connectivity index (χ0) is 33.3. The maximum absolute atomic E-state index is 13.8. The Morgan fingerprint density at radius 1 is 0.551 bits per heavy atom. The molecule has 49 heavy (non-hydrogen) atoms. The summed E-state index contributed by atoms with van der Waals surface area (Å²) >= 11 is 0. The first-order valence-corrected chi connectivity index (χ1v) is 17.2. The summed E-state index contributed by atoms with van der Waals surface area (Å²) in [6, 6.07) is 50.2. The van der Waals surface area contributed by atoms with Gasteiger partial charge in [0.15, 0.2) is 5.78 Å². The molecule has 3 aliphatic carbocycles. The molecular weight excluding hydrogens is 595 g/mol. The van der Waals surface area contributed by atoms with Gasteiger partial charge in [-0.25, -0.2) is 0 Å². The van der Waals surface area contributed by atoms with Crippen LogP contribution < -0.4 is 4.90 Å². The van der Waals surface area contributed by atoms with Gasteiger partial charge in [-0.1, -0.05) is 141 Å². The number of carbonyl (C=O) groups excluding carboxylic acids is 1. The monoisotopic (exact) mass is 631 g/mol. The van der Waals surface area contributed by atoms with Crippen LogP contribution in [0.25, 0.3) is 33.4 Å². The molecule has 9 rings (SSSR count). The van der Waals surface area contributed by atoms with Crippen molar-refractivity contribution in [3.8, 4) is 33.4 Å². The van der Waals surface area contributed by atoms with E-state index in [1.54, 1.807) is 0 Å². The van der Waals surface area contributed by atoms with Crippen molar-refractivity contribution in [2.24, 2.45) is 5.92 Å². The summed E-state index contributed by atoms with van der Waals surface area (Å²) in [5, 5.41) is 0. The molecule has 0 saturated carbocycles. The molecule has 0 N–H and O–H groups in total. The van der Waals surface area contributed by atoms with Crippen molar-refractivity contribution in [3.63, 3.8) is 0 Å². The highest BCUT2D eigenvalue weighted by Gasteiger charge is 2.40. The lowest BCUT2D eigenvalue weighted by molar-refractivity contribution is 0.0955. The number of ketones is 1. The fourth-order valence-electron chi connectivity index (χ4n) is 8.39. The van der Waals surface area contributed by atoms with Crippen molar-refractivity contribution in [1.29, 1.82) is 0 Å². The highest BCUT2D eigenvalue weighted by molar-refractivity contribution is 6.10. The fourth-order valence-corrected chi connectivity index (χ4v) is 8.39. The zero-order valence-electron chi connectivity index (χ0n) is 28.0. The molecule has 2 heteroatoms. The molecule has 0 aromatic heterocycles. The molecule has 6 aromatic rings. The van der Waals surface area contributed by atoms with Crippen LogP contribution in [0.15, 0.2) is 163 Å². The maximum Gasteiger partial charge on any atom is 0.171 e. The van der Waals surface area contributed by atoms with Gasteiger partial charge in [0, 0.05) is 34.0 Å². The highest BCUT2D eigenvalue weighted by atomic mass is 16.1. The number of rotatable bonds is 5. The van der Waals surface area contributed by atoms with Gasteiger partial charge in [-0.05, 0) is 93.4 Å². The predicted octanol–water partition coefficient (Wildman–Crippen LogP) is 12.2. The van der Waals surface area contributed by atoms with Crippen LogP contribution in [0.3, 0.4) is 0 Å². The Morgan fingerprint density at radius 3 is 1.92 bits per heavy atom. The minimum absolute atomic E-state index is 0.102. The topological polar surface area (TPSA) is 20.3 Å². The molecule has 0 amide bonds. The quantitative estimate of drug-likeness (QED) is 0.189. The Hall–Kier alpha value is -5.73. The summed E-state index contributed by atoms with van der Waals surface area (Å²) < 4.78 is 0. The predicted molar refractivity (Wildman–Crippen MR) is 203 cm³/mol. The Balaban J connectivity index is 1.14. The molecule has 6 aromatic carbocycles. The number of hydrogen-bond donors (Lipinski definition) is 0. The van der Waals surface area contributed by atoms with Gasteiger partial charge in [-0.2, -0.15) is 0 Å². The zero-order valence-corrected chi connectivity index (χ0v) is 28.0. The van der Waals surface area contributed by atoms with Crippen molar-refractivity contribution >= 4 is 22.8 Å². The van der Waals surface area contributed by atoms with E-state index in [-0.39, 0.29) is 23.0 Å². The molecule has 236 valence electrons. The molecular formula is C47H37NO. The molecule has 0 spiro atoms. The number of anilines is 3. The van der Waals surface area contributed by atoms with E-state index in [9.17, 15) is 4.79 Å². The van der Waals surface area contributed by atoms with Crippen molar-refractivity contribution in [1.82, 2.24) is 0 Å². The Labute approximate surface area is 288 Å². The number of fused-ring (bicyclic) bond motifs is 6. The van der Waals surface area contributed by atoms with E-state index in [4.69, 9.17) is 0 Å². The lowest BCUT2D eigenvalue weighted by Crippen LogP contribution is -2.16. The Morgan fingerprint density at radius 2 is 1.16 bits per heavy atom. The van der Waals surface area contributed by atoms with Crippen LogP contribution in [-0.2, 0) is 5.41 Å². The third kappa shape index (κ3) is 4.66. The number of allylic oxidation sites excluding steroid dienone is 4. The highest BCUT2D eigenvalue weighted by Crippen LogP contribution is 2.51. The molecule has 0 bridgehead atoms. The van der Waals surface area contributed by atoms with Crippen molar-refractivity contribution in [3.05, 3.63) is 186 Å². The van der Waals surface area contributed by atoms with Crippen molar-refractivity contribution in [2.45, 2.75) is 32.1 Å². The van der Waals surface area contributed by atoms with E-state index in [0.29, 0.717) is 0 Å². The van der Waals surface area contributed by atoms with E-state index in [0.717, 1.165) is 44.9 Å². The van der Waals surface area contributed by atoms with Gasteiger partial charge >= 0.3 is 0 Å². The average molecular weight is 632 g/mol. The van der Waals surface area contributed by atoms with Crippen LogP contribution in [0.5, 0.6) is 0 Å². The third-order valence-corrected chi connectivity index (χ3v) is 10.9. The largest absolute Gasteiger partial charge is 0.310 e. The van der Waals surface area contributed by atoms with E-state index in [1.807, 2.05) is 0 Å². The van der Waals surface area contributed by atoms with E-state index in [1.165, 1.54) is 33.4 Å². The van der Waals surface area contributed by atoms with Gasteiger partial charge in [-0.3, -0.25) is 4.79 Å². The van der Waals surface area contributed by atoms with Crippen LogP contribution in [0.4, 0.5) is 17.1 Å². The summed E-state index contributed by atoms with van der Waals surface area (Å²) in [5.41, 5.74) is 16.1. The first kappa shape index (κ1) is 29.4.